The Morgan fingerprint density at radius 2 is 1.73 bits per heavy atom. The molecule has 1 atom stereocenters. The first-order chi connectivity index (χ1) is 4.54. The second-order valence-corrected chi connectivity index (χ2v) is 2.69. The number of nitrogens with zero attached hydrogens (tertiary/aromatic N) is 1. The van der Waals surface area contributed by atoms with Gasteiger partial charge in [0.15, 0.2) is 0 Å². The number of aliphatic hydroxyl groups is 1. The molecule has 5 heteroatoms. The van der Waals surface area contributed by atoms with Gasteiger partial charge in [-0.1, -0.05) is 0 Å². The third kappa shape index (κ3) is 37.6. The minimum Gasteiger partial charge on any atom is -0.391 e. The van der Waals surface area contributed by atoms with Gasteiger partial charge in [-0.3, -0.25) is 0 Å². The Hall–Kier alpha value is 0.460. The number of nitrogens with two attached hydrogens (primary N) is 1. The maximum Gasteiger partial charge on any atom is 0.0797 e. The van der Waals surface area contributed by atoms with Gasteiger partial charge in [-0.05, 0) is 21.1 Å². The van der Waals surface area contributed by atoms with Crippen molar-refractivity contribution in [2.24, 2.45) is 5.73 Å². The minimum atomic E-state index is -0.522. The van der Waals surface area contributed by atoms with Crippen LogP contribution in [0.1, 0.15) is 0 Å². The van der Waals surface area contributed by atoms with Gasteiger partial charge in [0.25, 0.3) is 0 Å². The summed E-state index contributed by atoms with van der Waals surface area (Å²) >= 11 is 5.12. The molecule has 11 heavy (non-hydrogen) atoms. The largest absolute Gasteiger partial charge is 0.391 e. The Labute approximate surface area is 79.9 Å². The molecule has 0 saturated heterocycles. The maximum atomic E-state index is 8.41. The smallest absolute Gasteiger partial charge is 0.0797 e. The summed E-state index contributed by atoms with van der Waals surface area (Å²) in [6.07, 6.45) is -0.522. The van der Waals surface area contributed by atoms with E-state index in [-0.39, 0.29) is 24.8 Å². The van der Waals surface area contributed by atoms with Crippen LogP contribution >= 0.6 is 24.0 Å². The van der Waals surface area contributed by atoms with Gasteiger partial charge in [-0.15, -0.1) is 24.0 Å². The first-order valence-corrected chi connectivity index (χ1v) is 3.63. The molecular weight excluding hydrogens is 187 g/mol. The predicted molar refractivity (Wildman–Crippen MR) is 52.6 cm³/mol. The number of hydrogen-bond donors (Lipinski definition) is 2. The molecule has 0 aromatic rings. The van der Waals surface area contributed by atoms with Crippen LogP contribution in [0, 0.1) is 0 Å². The Morgan fingerprint density at radius 3 is 1.73 bits per heavy atom. The van der Waals surface area contributed by atoms with E-state index in [1.54, 1.807) is 0 Å². The van der Waals surface area contributed by atoms with E-state index in [1.807, 2.05) is 26.0 Å². The summed E-state index contributed by atoms with van der Waals surface area (Å²) in [4.78, 5) is 2.00. The third-order valence-corrected chi connectivity index (χ3v) is 0.806. The fourth-order valence-electron chi connectivity index (χ4n) is 0.0630. The SMILES string of the molecule is CN(C)C.Cl.NCC(O)CCl. The average molecular weight is 205 g/mol. The molecule has 1 unspecified atom stereocenters. The van der Waals surface area contributed by atoms with Crippen molar-refractivity contribution in [2.75, 3.05) is 33.6 Å². The predicted octanol–water partition coefficient (Wildman–Crippen LogP) is 0.144. The lowest BCUT2D eigenvalue weighted by molar-refractivity contribution is 0.206. The van der Waals surface area contributed by atoms with Crippen molar-refractivity contribution in [1.29, 1.82) is 0 Å². The first-order valence-electron chi connectivity index (χ1n) is 3.09. The van der Waals surface area contributed by atoms with E-state index >= 15 is 0 Å². The Morgan fingerprint density at radius 1 is 1.45 bits per heavy atom. The summed E-state index contributed by atoms with van der Waals surface area (Å²) in [7, 11) is 6.00. The second kappa shape index (κ2) is 13.1. The molecule has 0 aliphatic carbocycles. The topological polar surface area (TPSA) is 49.5 Å². The molecule has 0 aliphatic rings. The molecule has 3 N–H and O–H groups in total. The van der Waals surface area contributed by atoms with Crippen molar-refractivity contribution >= 4 is 24.0 Å². The van der Waals surface area contributed by atoms with Crippen LogP contribution in [0.15, 0.2) is 0 Å². The molecule has 0 aromatic heterocycles. The summed E-state index contributed by atoms with van der Waals surface area (Å²) in [5.74, 6) is 0.233. The van der Waals surface area contributed by atoms with Crippen molar-refractivity contribution in [3.63, 3.8) is 0 Å². The molecule has 0 rings (SSSR count). The van der Waals surface area contributed by atoms with E-state index in [1.165, 1.54) is 0 Å². The summed E-state index contributed by atoms with van der Waals surface area (Å²) in [5.41, 5.74) is 4.95. The van der Waals surface area contributed by atoms with Gasteiger partial charge in [-0.25, -0.2) is 0 Å². The standard InChI is InChI=1S/C3H8ClNO.C3H9N.ClH/c4-1-3(6)2-5;1-4(2)3;/h3,6H,1-2,5H2;1-3H3;1H. The number of aliphatic hydroxyl groups excluding tert-OH is 1. The number of alkyl halides is 1. The van der Waals surface area contributed by atoms with Gasteiger partial charge in [0.05, 0.1) is 6.10 Å². The molecule has 0 amide bonds. The normalized spacial score (nSPS) is 11.2. The van der Waals surface area contributed by atoms with Crippen molar-refractivity contribution in [3.8, 4) is 0 Å². The zero-order chi connectivity index (χ0) is 8.57. The third-order valence-electron chi connectivity index (χ3n) is 0.450. The minimum absolute atomic E-state index is 0. The van der Waals surface area contributed by atoms with E-state index < -0.39 is 6.10 Å². The van der Waals surface area contributed by atoms with E-state index in [9.17, 15) is 0 Å². The highest BCUT2D eigenvalue weighted by Crippen LogP contribution is 1.80. The molecule has 0 spiro atoms. The molecule has 0 radical (unpaired) electrons. The van der Waals surface area contributed by atoms with Crippen LogP contribution in [0.25, 0.3) is 0 Å². The van der Waals surface area contributed by atoms with Crippen LogP contribution in [-0.4, -0.2) is 49.7 Å². The maximum absolute atomic E-state index is 8.41. The molecular formula is C6H18Cl2N2O. The fraction of sp³-hybridized carbons (Fsp3) is 1.00. The van der Waals surface area contributed by atoms with Gasteiger partial charge in [0.1, 0.15) is 0 Å². The molecule has 72 valence electrons. The number of halogens is 2. The molecule has 0 aliphatic heterocycles. The lowest BCUT2D eigenvalue weighted by atomic mass is 10.4. The summed E-state index contributed by atoms with van der Waals surface area (Å²) in [6.45, 7) is 0.253. The van der Waals surface area contributed by atoms with E-state index in [0.29, 0.717) is 0 Å². The van der Waals surface area contributed by atoms with Crippen molar-refractivity contribution in [2.45, 2.75) is 6.10 Å². The zero-order valence-electron chi connectivity index (χ0n) is 7.25. The molecule has 0 heterocycles. The average Bonchev–Trinajstić information content (AvgIpc) is 1.85. The van der Waals surface area contributed by atoms with Gasteiger partial charge in [-0.2, -0.15) is 0 Å². The van der Waals surface area contributed by atoms with E-state index in [2.05, 4.69) is 0 Å². The van der Waals surface area contributed by atoms with Crippen LogP contribution in [0.2, 0.25) is 0 Å². The van der Waals surface area contributed by atoms with Gasteiger partial charge in [0.2, 0.25) is 0 Å². The highest BCUT2D eigenvalue weighted by molar-refractivity contribution is 6.18. The van der Waals surface area contributed by atoms with Crippen LogP contribution in [0.4, 0.5) is 0 Å². The highest BCUT2D eigenvalue weighted by Gasteiger charge is 1.92. The van der Waals surface area contributed by atoms with Crippen LogP contribution < -0.4 is 5.73 Å². The fourth-order valence-corrected chi connectivity index (χ4v) is 0.189. The van der Waals surface area contributed by atoms with Crippen LogP contribution in [-0.2, 0) is 0 Å². The van der Waals surface area contributed by atoms with Crippen LogP contribution in [0.5, 0.6) is 0 Å². The molecule has 0 aromatic carbocycles. The summed E-state index contributed by atoms with van der Waals surface area (Å²) in [5, 5.41) is 8.41. The first kappa shape index (κ1) is 17.5. The van der Waals surface area contributed by atoms with Crippen molar-refractivity contribution in [3.05, 3.63) is 0 Å². The molecule has 0 fully saturated rings. The quantitative estimate of drug-likeness (QED) is 0.630. The monoisotopic (exact) mass is 204 g/mol. The highest BCUT2D eigenvalue weighted by atomic mass is 35.5. The van der Waals surface area contributed by atoms with Crippen LogP contribution in [0.3, 0.4) is 0 Å². The van der Waals surface area contributed by atoms with E-state index in [4.69, 9.17) is 22.4 Å². The zero-order valence-corrected chi connectivity index (χ0v) is 8.82. The molecule has 3 nitrogen and oxygen atoms in total. The Balaban J connectivity index is -0.000000114. The Kier molecular flexibility index (Phi) is 20.8. The van der Waals surface area contributed by atoms with Gasteiger partial charge in [0, 0.05) is 12.4 Å². The molecule has 0 bridgehead atoms. The van der Waals surface area contributed by atoms with Crippen molar-refractivity contribution < 1.29 is 5.11 Å². The van der Waals surface area contributed by atoms with Crippen molar-refractivity contribution in [1.82, 2.24) is 4.90 Å². The molecule has 0 saturated carbocycles. The number of rotatable bonds is 2. The summed E-state index contributed by atoms with van der Waals surface area (Å²) < 4.78 is 0. The Bertz CT molecular complexity index is 57.8. The summed E-state index contributed by atoms with van der Waals surface area (Å²) in [6, 6.07) is 0. The lowest BCUT2D eigenvalue weighted by Crippen LogP contribution is -2.20. The second-order valence-electron chi connectivity index (χ2n) is 2.39. The van der Waals surface area contributed by atoms with E-state index in [0.717, 1.165) is 0 Å². The van der Waals surface area contributed by atoms with Gasteiger partial charge < -0.3 is 15.7 Å². The number of hydrogen-bond acceptors (Lipinski definition) is 3. The van der Waals surface area contributed by atoms with Gasteiger partial charge >= 0.3 is 0 Å². The lowest BCUT2D eigenvalue weighted by Gasteiger charge is -1.96.